The highest BCUT2D eigenvalue weighted by Crippen LogP contribution is 2.11. The number of carboxylic acid groups (broad SMARTS) is 1. The van der Waals surface area contributed by atoms with Crippen LogP contribution in [0.15, 0.2) is 42.5 Å². The zero-order chi connectivity index (χ0) is 15.2. The summed E-state index contributed by atoms with van der Waals surface area (Å²) in [6.45, 7) is 0.939. The Morgan fingerprint density at radius 1 is 1.10 bits per heavy atom. The lowest BCUT2D eigenvalue weighted by Gasteiger charge is -2.07. The largest absolute Gasteiger partial charge is 0.478 e. The van der Waals surface area contributed by atoms with Crippen molar-refractivity contribution in [3.63, 3.8) is 0 Å². The molecule has 5 heteroatoms. The maximum absolute atomic E-state index is 13.5. The summed E-state index contributed by atoms with van der Waals surface area (Å²) in [6, 6.07) is 10.5. The lowest BCUT2D eigenvalue weighted by Crippen LogP contribution is -2.17. The summed E-state index contributed by atoms with van der Waals surface area (Å²) in [5, 5.41) is 11.8. The number of aromatic carboxylic acids is 1. The monoisotopic (exact) mass is 291 g/mol. The van der Waals surface area contributed by atoms with Gasteiger partial charge in [0, 0.05) is 6.54 Å². The molecule has 0 amide bonds. The zero-order valence-electron chi connectivity index (χ0n) is 11.3. The number of rotatable bonds is 6. The van der Waals surface area contributed by atoms with Crippen molar-refractivity contribution in [2.45, 2.75) is 13.0 Å². The van der Waals surface area contributed by atoms with Gasteiger partial charge in [0.2, 0.25) is 0 Å². The second-order valence-corrected chi connectivity index (χ2v) is 4.64. The Bertz CT molecular complexity index is 644. The fraction of sp³-hybridized carbons (Fsp3) is 0.188. The molecule has 0 aliphatic heterocycles. The van der Waals surface area contributed by atoms with E-state index in [-0.39, 0.29) is 11.4 Å². The number of hydrogen-bond donors (Lipinski definition) is 2. The van der Waals surface area contributed by atoms with E-state index in [0.717, 1.165) is 0 Å². The standard InChI is InChI=1S/C16H15F2NO2/c17-14-4-2-1-3-12(14)7-8-19-10-11-5-6-13(16(20)21)15(18)9-11/h1-6,9,19H,7-8,10H2,(H,20,21). The van der Waals surface area contributed by atoms with E-state index in [9.17, 15) is 13.6 Å². The molecular weight excluding hydrogens is 276 g/mol. The predicted molar refractivity (Wildman–Crippen MR) is 75.2 cm³/mol. The van der Waals surface area contributed by atoms with Crippen LogP contribution in [-0.2, 0) is 13.0 Å². The molecule has 0 fully saturated rings. The predicted octanol–water partition coefficient (Wildman–Crippen LogP) is 3.00. The van der Waals surface area contributed by atoms with Gasteiger partial charge in [-0.2, -0.15) is 0 Å². The van der Waals surface area contributed by atoms with E-state index in [2.05, 4.69) is 5.32 Å². The Balaban J connectivity index is 1.85. The molecule has 2 aromatic rings. The molecule has 110 valence electrons. The summed E-state index contributed by atoms with van der Waals surface area (Å²) < 4.78 is 26.8. The van der Waals surface area contributed by atoms with Crippen LogP contribution in [0, 0.1) is 11.6 Å². The Morgan fingerprint density at radius 2 is 1.86 bits per heavy atom. The van der Waals surface area contributed by atoms with Crippen molar-refractivity contribution in [3.05, 3.63) is 70.8 Å². The number of halogens is 2. The summed E-state index contributed by atoms with van der Waals surface area (Å²) >= 11 is 0. The van der Waals surface area contributed by atoms with Crippen molar-refractivity contribution < 1.29 is 18.7 Å². The minimum Gasteiger partial charge on any atom is -0.478 e. The molecule has 21 heavy (non-hydrogen) atoms. The fourth-order valence-corrected chi connectivity index (χ4v) is 2.00. The molecule has 0 aliphatic carbocycles. The fourth-order valence-electron chi connectivity index (χ4n) is 2.00. The molecule has 0 radical (unpaired) electrons. The number of hydrogen-bond acceptors (Lipinski definition) is 2. The van der Waals surface area contributed by atoms with E-state index in [0.29, 0.717) is 30.6 Å². The van der Waals surface area contributed by atoms with Gasteiger partial charge in [0.05, 0.1) is 5.56 Å². The second-order valence-electron chi connectivity index (χ2n) is 4.64. The molecule has 0 aromatic heterocycles. The van der Waals surface area contributed by atoms with Crippen molar-refractivity contribution in [1.29, 1.82) is 0 Å². The van der Waals surface area contributed by atoms with E-state index in [1.54, 1.807) is 24.3 Å². The summed E-state index contributed by atoms with van der Waals surface area (Å²) in [7, 11) is 0. The minimum atomic E-state index is -1.29. The minimum absolute atomic E-state index is 0.240. The molecule has 2 aromatic carbocycles. The highest BCUT2D eigenvalue weighted by molar-refractivity contribution is 5.87. The van der Waals surface area contributed by atoms with Gasteiger partial charge < -0.3 is 10.4 Å². The van der Waals surface area contributed by atoms with E-state index < -0.39 is 11.8 Å². The normalized spacial score (nSPS) is 10.6. The lowest BCUT2D eigenvalue weighted by atomic mass is 10.1. The van der Waals surface area contributed by atoms with Gasteiger partial charge in [0.25, 0.3) is 0 Å². The Hall–Kier alpha value is -2.27. The van der Waals surface area contributed by atoms with Crippen molar-refractivity contribution in [1.82, 2.24) is 5.32 Å². The van der Waals surface area contributed by atoms with Gasteiger partial charge in [-0.15, -0.1) is 0 Å². The highest BCUT2D eigenvalue weighted by atomic mass is 19.1. The first kappa shape index (κ1) is 15.1. The summed E-state index contributed by atoms with van der Waals surface area (Å²) in [5.41, 5.74) is 0.925. The molecule has 3 nitrogen and oxygen atoms in total. The van der Waals surface area contributed by atoms with Gasteiger partial charge in [0.15, 0.2) is 0 Å². The smallest absolute Gasteiger partial charge is 0.338 e. The maximum Gasteiger partial charge on any atom is 0.338 e. The number of nitrogens with one attached hydrogen (secondary N) is 1. The van der Waals surface area contributed by atoms with Crippen LogP contribution in [0.2, 0.25) is 0 Å². The Morgan fingerprint density at radius 3 is 2.52 bits per heavy atom. The third-order valence-corrected chi connectivity index (χ3v) is 3.12. The molecule has 0 aliphatic rings. The van der Waals surface area contributed by atoms with E-state index in [4.69, 9.17) is 5.11 Å². The van der Waals surface area contributed by atoms with Crippen LogP contribution in [-0.4, -0.2) is 17.6 Å². The summed E-state index contributed by atoms with van der Waals surface area (Å²) in [6.07, 6.45) is 0.530. The maximum atomic E-state index is 13.5. The Labute approximate surface area is 121 Å². The van der Waals surface area contributed by atoms with Crippen molar-refractivity contribution in [2.24, 2.45) is 0 Å². The van der Waals surface area contributed by atoms with Crippen LogP contribution >= 0.6 is 0 Å². The Kier molecular flexibility index (Phi) is 5.00. The van der Waals surface area contributed by atoms with E-state index >= 15 is 0 Å². The average Bonchev–Trinajstić information content (AvgIpc) is 2.45. The van der Waals surface area contributed by atoms with Crippen LogP contribution in [0.3, 0.4) is 0 Å². The molecule has 0 atom stereocenters. The first-order valence-electron chi connectivity index (χ1n) is 6.54. The first-order valence-corrected chi connectivity index (χ1v) is 6.54. The lowest BCUT2D eigenvalue weighted by molar-refractivity contribution is 0.0692. The van der Waals surface area contributed by atoms with Gasteiger partial charge in [-0.05, 0) is 42.3 Å². The summed E-state index contributed by atoms with van der Waals surface area (Å²) in [4.78, 5) is 10.7. The zero-order valence-corrected chi connectivity index (χ0v) is 11.3. The molecule has 2 N–H and O–H groups in total. The van der Waals surface area contributed by atoms with Crippen LogP contribution in [0.5, 0.6) is 0 Å². The number of carboxylic acids is 1. The first-order chi connectivity index (χ1) is 10.1. The third-order valence-electron chi connectivity index (χ3n) is 3.12. The molecule has 2 rings (SSSR count). The highest BCUT2D eigenvalue weighted by Gasteiger charge is 2.10. The van der Waals surface area contributed by atoms with Gasteiger partial charge in [-0.25, -0.2) is 13.6 Å². The van der Waals surface area contributed by atoms with Crippen LogP contribution in [0.25, 0.3) is 0 Å². The number of benzene rings is 2. The van der Waals surface area contributed by atoms with Crippen LogP contribution in [0.4, 0.5) is 8.78 Å². The van der Waals surface area contributed by atoms with Crippen LogP contribution in [0.1, 0.15) is 21.5 Å². The van der Waals surface area contributed by atoms with Gasteiger partial charge >= 0.3 is 5.97 Å². The van der Waals surface area contributed by atoms with E-state index in [1.165, 1.54) is 18.2 Å². The molecule has 0 unspecified atom stereocenters. The quantitative estimate of drug-likeness (QED) is 0.804. The number of carbonyl (C=O) groups is 1. The topological polar surface area (TPSA) is 49.3 Å². The van der Waals surface area contributed by atoms with Gasteiger partial charge in [-0.1, -0.05) is 24.3 Å². The van der Waals surface area contributed by atoms with Crippen molar-refractivity contribution in [2.75, 3.05) is 6.54 Å². The van der Waals surface area contributed by atoms with E-state index in [1.807, 2.05) is 0 Å². The van der Waals surface area contributed by atoms with Crippen LogP contribution < -0.4 is 5.32 Å². The molecule has 0 bridgehead atoms. The summed E-state index contributed by atoms with van der Waals surface area (Å²) in [5.74, 6) is -2.28. The van der Waals surface area contributed by atoms with Gasteiger partial charge in [-0.3, -0.25) is 0 Å². The third kappa shape index (κ3) is 4.10. The molecule has 0 saturated carbocycles. The van der Waals surface area contributed by atoms with Gasteiger partial charge in [0.1, 0.15) is 11.6 Å². The average molecular weight is 291 g/mol. The molecular formula is C16H15F2NO2. The molecule has 0 saturated heterocycles. The van der Waals surface area contributed by atoms with Crippen molar-refractivity contribution in [3.8, 4) is 0 Å². The molecule has 0 spiro atoms. The molecule has 0 heterocycles. The second kappa shape index (κ2) is 6.95. The SMILES string of the molecule is O=C(O)c1ccc(CNCCc2ccccc2F)cc1F. The van der Waals surface area contributed by atoms with Crippen molar-refractivity contribution >= 4 is 5.97 Å².